The van der Waals surface area contributed by atoms with Gasteiger partial charge < -0.3 is 14.7 Å². The van der Waals surface area contributed by atoms with Gasteiger partial charge in [-0.15, -0.1) is 0 Å². The summed E-state index contributed by atoms with van der Waals surface area (Å²) in [7, 11) is 0. The number of piperidine rings is 1. The number of carbonyl (C=O) groups is 2. The minimum absolute atomic E-state index is 0.142. The molecular weight excluding hydrogens is 354 g/mol. The second-order valence-corrected chi connectivity index (χ2v) is 7.83. The molecule has 1 aromatic carbocycles. The van der Waals surface area contributed by atoms with Crippen molar-refractivity contribution in [3.8, 4) is 0 Å². The molecule has 26 heavy (non-hydrogen) atoms. The minimum atomic E-state index is -0.770. The van der Waals surface area contributed by atoms with E-state index < -0.39 is 11.4 Å². The molecule has 2 aliphatic rings. The standard InChI is InChI=1S/C20H26ClNO4/c21-17-5-1-4-16(13-17)20(8-11-26-12-9-20)19(25)22-10-2-3-15(14-22)6-7-18(23)24/h1,4-5,13,15H,2-3,6-12,14H2,(H,23,24). The van der Waals surface area contributed by atoms with Crippen LogP contribution in [0.15, 0.2) is 24.3 Å². The summed E-state index contributed by atoms with van der Waals surface area (Å²) in [6.07, 6.45) is 4.03. The number of rotatable bonds is 5. The average Bonchev–Trinajstić information content (AvgIpc) is 2.66. The van der Waals surface area contributed by atoms with Gasteiger partial charge in [-0.3, -0.25) is 9.59 Å². The Bertz CT molecular complexity index is 657. The Kier molecular flexibility index (Phi) is 6.20. The predicted molar refractivity (Wildman–Crippen MR) is 99.4 cm³/mol. The van der Waals surface area contributed by atoms with Gasteiger partial charge in [-0.05, 0) is 55.7 Å². The molecule has 1 amide bonds. The lowest BCUT2D eigenvalue weighted by Gasteiger charge is -2.43. The Morgan fingerprint density at radius 3 is 2.77 bits per heavy atom. The van der Waals surface area contributed by atoms with Crippen LogP contribution in [0.25, 0.3) is 0 Å². The molecule has 0 radical (unpaired) electrons. The van der Waals surface area contributed by atoms with Crippen LogP contribution in [0.3, 0.4) is 0 Å². The molecule has 2 aliphatic heterocycles. The van der Waals surface area contributed by atoms with E-state index in [1.54, 1.807) is 0 Å². The Morgan fingerprint density at radius 1 is 1.31 bits per heavy atom. The number of halogens is 1. The van der Waals surface area contributed by atoms with Crippen LogP contribution in [0.5, 0.6) is 0 Å². The zero-order chi connectivity index (χ0) is 18.6. The summed E-state index contributed by atoms with van der Waals surface area (Å²) in [6, 6.07) is 7.61. The van der Waals surface area contributed by atoms with Crippen molar-refractivity contribution in [3.05, 3.63) is 34.9 Å². The van der Waals surface area contributed by atoms with Crippen molar-refractivity contribution in [2.45, 2.75) is 43.9 Å². The molecule has 1 N–H and O–H groups in total. The number of likely N-dealkylation sites (tertiary alicyclic amines) is 1. The van der Waals surface area contributed by atoms with E-state index in [9.17, 15) is 9.59 Å². The molecule has 0 saturated carbocycles. The number of carbonyl (C=O) groups excluding carboxylic acids is 1. The third-order valence-electron chi connectivity index (χ3n) is 5.71. The quantitative estimate of drug-likeness (QED) is 0.850. The number of nitrogens with zero attached hydrogens (tertiary/aromatic N) is 1. The van der Waals surface area contributed by atoms with E-state index in [1.807, 2.05) is 29.2 Å². The van der Waals surface area contributed by atoms with Crippen molar-refractivity contribution in [1.82, 2.24) is 4.90 Å². The van der Waals surface area contributed by atoms with Crippen molar-refractivity contribution >= 4 is 23.5 Å². The van der Waals surface area contributed by atoms with Crippen LogP contribution in [0, 0.1) is 5.92 Å². The van der Waals surface area contributed by atoms with E-state index in [4.69, 9.17) is 21.4 Å². The monoisotopic (exact) mass is 379 g/mol. The predicted octanol–water partition coefficient (Wildman–Crippen LogP) is 3.49. The Labute approximate surface area is 159 Å². The number of hydrogen-bond donors (Lipinski definition) is 1. The first kappa shape index (κ1) is 19.2. The molecular formula is C20H26ClNO4. The summed E-state index contributed by atoms with van der Waals surface area (Å²) in [5.74, 6) is -0.364. The molecule has 1 unspecified atom stereocenters. The Balaban J connectivity index is 1.80. The number of benzene rings is 1. The van der Waals surface area contributed by atoms with Gasteiger partial charge in [-0.2, -0.15) is 0 Å². The van der Waals surface area contributed by atoms with Crippen LogP contribution in [-0.2, 0) is 19.7 Å². The molecule has 6 heteroatoms. The second kappa shape index (κ2) is 8.40. The topological polar surface area (TPSA) is 66.8 Å². The summed E-state index contributed by atoms with van der Waals surface area (Å²) < 4.78 is 5.53. The molecule has 2 heterocycles. The number of ether oxygens (including phenoxy) is 1. The van der Waals surface area contributed by atoms with Crippen LogP contribution in [0.1, 0.15) is 44.1 Å². The van der Waals surface area contributed by atoms with Gasteiger partial charge >= 0.3 is 5.97 Å². The van der Waals surface area contributed by atoms with Gasteiger partial charge in [0.1, 0.15) is 0 Å². The van der Waals surface area contributed by atoms with Crippen LogP contribution >= 0.6 is 11.6 Å². The highest BCUT2D eigenvalue weighted by Crippen LogP contribution is 2.39. The summed E-state index contributed by atoms with van der Waals surface area (Å²) in [6.45, 7) is 2.52. The van der Waals surface area contributed by atoms with Crippen LogP contribution in [0.4, 0.5) is 0 Å². The van der Waals surface area contributed by atoms with Crippen molar-refractivity contribution in [2.24, 2.45) is 5.92 Å². The van der Waals surface area contributed by atoms with Crippen LogP contribution in [0.2, 0.25) is 5.02 Å². The third-order valence-corrected chi connectivity index (χ3v) is 5.94. The number of amides is 1. The lowest BCUT2D eigenvalue weighted by Crippen LogP contribution is -2.52. The normalized spacial score (nSPS) is 22.8. The van der Waals surface area contributed by atoms with E-state index >= 15 is 0 Å². The first-order valence-electron chi connectivity index (χ1n) is 9.36. The highest BCUT2D eigenvalue weighted by Gasteiger charge is 2.44. The SMILES string of the molecule is O=C(O)CCC1CCCN(C(=O)C2(c3cccc(Cl)c3)CCOCC2)C1. The molecule has 1 aromatic rings. The number of aliphatic carboxylic acids is 1. The maximum atomic E-state index is 13.6. The molecule has 142 valence electrons. The van der Waals surface area contributed by atoms with Gasteiger partial charge in [-0.1, -0.05) is 23.7 Å². The molecule has 5 nitrogen and oxygen atoms in total. The molecule has 1 atom stereocenters. The number of hydrogen-bond acceptors (Lipinski definition) is 3. The Morgan fingerprint density at radius 2 is 2.08 bits per heavy atom. The first-order chi connectivity index (χ1) is 12.5. The zero-order valence-electron chi connectivity index (χ0n) is 15.0. The lowest BCUT2D eigenvalue weighted by atomic mass is 9.72. The van der Waals surface area contributed by atoms with Crippen LogP contribution < -0.4 is 0 Å². The highest BCUT2D eigenvalue weighted by atomic mass is 35.5. The largest absolute Gasteiger partial charge is 0.481 e. The van der Waals surface area contributed by atoms with Crippen molar-refractivity contribution in [3.63, 3.8) is 0 Å². The van der Waals surface area contributed by atoms with Gasteiger partial charge in [-0.25, -0.2) is 0 Å². The van der Waals surface area contributed by atoms with Gasteiger partial charge in [0.25, 0.3) is 0 Å². The van der Waals surface area contributed by atoms with Gasteiger partial charge in [0.05, 0.1) is 5.41 Å². The fourth-order valence-electron chi connectivity index (χ4n) is 4.25. The summed E-state index contributed by atoms with van der Waals surface area (Å²) in [4.78, 5) is 26.4. The molecule has 2 fully saturated rings. The summed E-state index contributed by atoms with van der Waals surface area (Å²) in [5, 5.41) is 9.57. The van der Waals surface area contributed by atoms with E-state index in [0.29, 0.717) is 44.0 Å². The fraction of sp³-hybridized carbons (Fsp3) is 0.600. The number of carboxylic acid groups (broad SMARTS) is 1. The van der Waals surface area contributed by atoms with Gasteiger partial charge in [0, 0.05) is 37.7 Å². The van der Waals surface area contributed by atoms with Gasteiger partial charge in [0.15, 0.2) is 0 Å². The van der Waals surface area contributed by atoms with Crippen molar-refractivity contribution < 1.29 is 19.4 Å². The number of carboxylic acids is 1. The van der Waals surface area contributed by atoms with Crippen LogP contribution in [-0.4, -0.2) is 48.2 Å². The summed E-state index contributed by atoms with van der Waals surface area (Å²) >= 11 is 6.20. The highest BCUT2D eigenvalue weighted by molar-refractivity contribution is 6.30. The lowest BCUT2D eigenvalue weighted by molar-refractivity contribution is -0.143. The fourth-order valence-corrected chi connectivity index (χ4v) is 4.44. The molecule has 0 spiro atoms. The van der Waals surface area contributed by atoms with Gasteiger partial charge in [0.2, 0.25) is 5.91 Å². The third kappa shape index (κ3) is 4.21. The average molecular weight is 380 g/mol. The van der Waals surface area contributed by atoms with E-state index in [2.05, 4.69) is 0 Å². The van der Waals surface area contributed by atoms with E-state index in [-0.39, 0.29) is 18.2 Å². The first-order valence-corrected chi connectivity index (χ1v) is 9.74. The molecule has 0 aromatic heterocycles. The molecule has 0 bridgehead atoms. The molecule has 0 aliphatic carbocycles. The maximum absolute atomic E-state index is 13.6. The summed E-state index contributed by atoms with van der Waals surface area (Å²) in [5.41, 5.74) is 0.378. The molecule has 2 saturated heterocycles. The maximum Gasteiger partial charge on any atom is 0.303 e. The van der Waals surface area contributed by atoms with Crippen molar-refractivity contribution in [2.75, 3.05) is 26.3 Å². The second-order valence-electron chi connectivity index (χ2n) is 7.40. The smallest absolute Gasteiger partial charge is 0.303 e. The van der Waals surface area contributed by atoms with E-state index in [1.165, 1.54) is 0 Å². The van der Waals surface area contributed by atoms with Crippen molar-refractivity contribution in [1.29, 1.82) is 0 Å². The minimum Gasteiger partial charge on any atom is -0.481 e. The zero-order valence-corrected chi connectivity index (χ0v) is 15.7. The Hall–Kier alpha value is -1.59. The molecule has 3 rings (SSSR count). The van der Waals surface area contributed by atoms with E-state index in [0.717, 1.165) is 24.9 Å².